The van der Waals surface area contributed by atoms with Crippen molar-refractivity contribution in [3.63, 3.8) is 0 Å². The largest absolute Gasteiger partial charge is 0.495 e. The summed E-state index contributed by atoms with van der Waals surface area (Å²) in [6.45, 7) is 5.10. The van der Waals surface area contributed by atoms with Crippen molar-refractivity contribution in [2.45, 2.75) is 25.7 Å². The van der Waals surface area contributed by atoms with Crippen molar-refractivity contribution in [3.05, 3.63) is 53.5 Å². The van der Waals surface area contributed by atoms with Crippen molar-refractivity contribution in [2.24, 2.45) is 0 Å². The van der Waals surface area contributed by atoms with E-state index in [0.717, 1.165) is 11.3 Å². The highest BCUT2D eigenvalue weighted by Gasteiger charge is 2.24. The van der Waals surface area contributed by atoms with Crippen LogP contribution in [0.2, 0.25) is 0 Å². The Bertz CT molecular complexity index is 1040. The van der Waals surface area contributed by atoms with E-state index in [4.69, 9.17) is 9.26 Å². The fraction of sp³-hybridized carbons (Fsp3) is 0.222. The van der Waals surface area contributed by atoms with Crippen LogP contribution in [0.25, 0.3) is 0 Å². The van der Waals surface area contributed by atoms with Gasteiger partial charge in [0.25, 0.3) is 10.0 Å². The van der Waals surface area contributed by atoms with Crippen molar-refractivity contribution in [3.8, 4) is 5.75 Å². The van der Waals surface area contributed by atoms with Crippen molar-refractivity contribution in [1.82, 2.24) is 10.1 Å². The van der Waals surface area contributed by atoms with Crippen LogP contribution < -0.4 is 14.8 Å². The minimum atomic E-state index is -3.81. The van der Waals surface area contributed by atoms with E-state index in [-0.39, 0.29) is 10.7 Å². The number of pyridine rings is 1. The number of hydrogen-bond acceptors (Lipinski definition) is 7. The van der Waals surface area contributed by atoms with E-state index in [1.807, 2.05) is 25.1 Å². The molecule has 0 aliphatic carbocycles. The molecule has 0 atom stereocenters. The van der Waals surface area contributed by atoms with Gasteiger partial charge < -0.3 is 14.6 Å². The molecule has 0 aliphatic rings. The van der Waals surface area contributed by atoms with Crippen LogP contribution >= 0.6 is 0 Å². The second-order valence-electron chi connectivity index (χ2n) is 6.02. The molecule has 0 unspecified atom stereocenters. The maximum absolute atomic E-state index is 12.5. The van der Waals surface area contributed by atoms with Gasteiger partial charge in [-0.05, 0) is 50.6 Å². The lowest BCUT2D eigenvalue weighted by Crippen LogP contribution is -2.14. The number of sulfonamides is 1. The SMILES string of the molecule is COc1ccc(C)cc1Nc1ccc(NS(=O)(=O)c2c(C)noc2C)cn1. The highest BCUT2D eigenvalue weighted by molar-refractivity contribution is 7.92. The van der Waals surface area contributed by atoms with Gasteiger partial charge in [0.1, 0.15) is 17.3 Å². The first-order valence-corrected chi connectivity index (χ1v) is 9.62. The summed E-state index contributed by atoms with van der Waals surface area (Å²) in [6.07, 6.45) is 1.43. The van der Waals surface area contributed by atoms with Crippen molar-refractivity contribution in [1.29, 1.82) is 0 Å². The monoisotopic (exact) mass is 388 g/mol. The summed E-state index contributed by atoms with van der Waals surface area (Å²) >= 11 is 0. The normalized spacial score (nSPS) is 11.3. The zero-order valence-corrected chi connectivity index (χ0v) is 16.2. The van der Waals surface area contributed by atoms with E-state index < -0.39 is 10.0 Å². The van der Waals surface area contributed by atoms with Crippen LogP contribution in [0.1, 0.15) is 17.0 Å². The Kier molecular flexibility index (Phi) is 5.04. The molecule has 142 valence electrons. The molecule has 2 aromatic heterocycles. The molecule has 0 aliphatic heterocycles. The average molecular weight is 388 g/mol. The highest BCUT2D eigenvalue weighted by Crippen LogP contribution is 2.28. The number of nitrogens with one attached hydrogen (secondary N) is 2. The standard InChI is InChI=1S/C18H20N4O4S/c1-11-5-7-16(25-4)15(9-11)20-17-8-6-14(10-19-17)22-27(23,24)18-12(2)21-26-13(18)3/h5-10,22H,1-4H3,(H,19,20). The predicted octanol–water partition coefficient (Wildman–Crippen LogP) is 3.55. The van der Waals surface area contributed by atoms with Crippen molar-refractivity contribution >= 4 is 27.2 Å². The minimum Gasteiger partial charge on any atom is -0.495 e. The summed E-state index contributed by atoms with van der Waals surface area (Å²) in [7, 11) is -2.21. The molecule has 8 nitrogen and oxygen atoms in total. The first-order valence-electron chi connectivity index (χ1n) is 8.13. The molecular weight excluding hydrogens is 368 g/mol. The molecule has 0 saturated heterocycles. The van der Waals surface area contributed by atoms with Crippen LogP contribution in [0.3, 0.4) is 0 Å². The summed E-state index contributed by atoms with van der Waals surface area (Å²) in [6, 6.07) is 9.04. The molecule has 3 aromatic rings. The molecule has 1 aromatic carbocycles. The molecule has 0 bridgehead atoms. The molecule has 0 spiro atoms. The molecule has 0 amide bonds. The van der Waals surface area contributed by atoms with Gasteiger partial charge in [0.05, 0.1) is 24.7 Å². The Morgan fingerprint density at radius 3 is 2.48 bits per heavy atom. The first kappa shape index (κ1) is 18.7. The summed E-state index contributed by atoms with van der Waals surface area (Å²) in [4.78, 5) is 4.29. The lowest BCUT2D eigenvalue weighted by molar-refractivity contribution is 0.390. The number of ether oxygens (including phenoxy) is 1. The third kappa shape index (κ3) is 4.03. The van der Waals surface area contributed by atoms with Gasteiger partial charge in [-0.15, -0.1) is 0 Å². The van der Waals surface area contributed by atoms with Crippen LogP contribution in [-0.2, 0) is 10.0 Å². The third-order valence-electron chi connectivity index (χ3n) is 3.87. The van der Waals surface area contributed by atoms with Gasteiger partial charge in [-0.25, -0.2) is 13.4 Å². The zero-order chi connectivity index (χ0) is 19.6. The molecule has 2 N–H and O–H groups in total. The Hall–Kier alpha value is -3.07. The fourth-order valence-corrected chi connectivity index (χ4v) is 4.03. The average Bonchev–Trinajstić information content (AvgIpc) is 2.96. The smallest absolute Gasteiger partial charge is 0.267 e. The van der Waals surface area contributed by atoms with Gasteiger partial charge in [0.2, 0.25) is 0 Å². The lowest BCUT2D eigenvalue weighted by Gasteiger charge is -2.12. The summed E-state index contributed by atoms with van der Waals surface area (Å²) in [5.41, 5.74) is 2.48. The molecule has 3 rings (SSSR count). The second kappa shape index (κ2) is 7.28. The summed E-state index contributed by atoms with van der Waals surface area (Å²) in [5.74, 6) is 1.47. The maximum Gasteiger partial charge on any atom is 0.267 e. The van der Waals surface area contributed by atoms with E-state index in [1.165, 1.54) is 6.20 Å². The van der Waals surface area contributed by atoms with Crippen molar-refractivity contribution < 1.29 is 17.7 Å². The number of anilines is 3. The number of methoxy groups -OCH3 is 1. The summed E-state index contributed by atoms with van der Waals surface area (Å²) in [5, 5.41) is 6.84. The van der Waals surface area contributed by atoms with Crippen molar-refractivity contribution in [2.75, 3.05) is 17.1 Å². The fourth-order valence-electron chi connectivity index (χ4n) is 2.65. The molecular formula is C18H20N4O4S. The van der Waals surface area contributed by atoms with E-state index in [9.17, 15) is 8.42 Å². The highest BCUT2D eigenvalue weighted by atomic mass is 32.2. The number of nitrogens with zero attached hydrogens (tertiary/aromatic N) is 2. The Balaban J connectivity index is 1.79. The number of benzene rings is 1. The van der Waals surface area contributed by atoms with E-state index >= 15 is 0 Å². The van der Waals surface area contributed by atoms with Gasteiger partial charge >= 0.3 is 0 Å². The van der Waals surface area contributed by atoms with E-state index in [2.05, 4.69) is 20.2 Å². The summed E-state index contributed by atoms with van der Waals surface area (Å²) < 4.78 is 37.8. The number of aromatic nitrogens is 2. The third-order valence-corrected chi connectivity index (χ3v) is 5.49. The van der Waals surface area contributed by atoms with Crippen LogP contribution in [0.5, 0.6) is 5.75 Å². The van der Waals surface area contributed by atoms with Gasteiger partial charge in [0, 0.05) is 0 Å². The molecule has 0 saturated carbocycles. The Morgan fingerprint density at radius 1 is 1.11 bits per heavy atom. The number of hydrogen-bond donors (Lipinski definition) is 2. The zero-order valence-electron chi connectivity index (χ0n) is 15.4. The van der Waals surface area contributed by atoms with E-state index in [1.54, 1.807) is 33.1 Å². The maximum atomic E-state index is 12.5. The topological polar surface area (TPSA) is 106 Å². The van der Waals surface area contributed by atoms with E-state index in [0.29, 0.717) is 22.9 Å². The Morgan fingerprint density at radius 2 is 1.89 bits per heavy atom. The number of aryl methyl sites for hydroxylation is 3. The molecule has 0 fully saturated rings. The van der Waals surface area contributed by atoms with Crippen LogP contribution in [0, 0.1) is 20.8 Å². The number of rotatable bonds is 6. The molecule has 2 heterocycles. The second-order valence-corrected chi connectivity index (χ2v) is 7.64. The first-order chi connectivity index (χ1) is 12.8. The van der Waals surface area contributed by atoms with Gasteiger partial charge in [0.15, 0.2) is 10.7 Å². The minimum absolute atomic E-state index is 0.0363. The predicted molar refractivity (Wildman–Crippen MR) is 102 cm³/mol. The van der Waals surface area contributed by atoms with Gasteiger partial charge in [-0.2, -0.15) is 0 Å². The molecule has 0 radical (unpaired) electrons. The van der Waals surface area contributed by atoms with Gasteiger partial charge in [-0.3, -0.25) is 4.72 Å². The lowest BCUT2D eigenvalue weighted by atomic mass is 10.2. The quantitative estimate of drug-likeness (QED) is 0.665. The molecule has 9 heteroatoms. The molecule has 27 heavy (non-hydrogen) atoms. The van der Waals surface area contributed by atoms with Gasteiger partial charge in [-0.1, -0.05) is 11.2 Å². The van der Waals surface area contributed by atoms with Crippen LogP contribution in [0.4, 0.5) is 17.2 Å². The van der Waals surface area contributed by atoms with Crippen LogP contribution in [0.15, 0.2) is 45.9 Å². The van der Waals surface area contributed by atoms with Crippen LogP contribution in [-0.4, -0.2) is 25.7 Å². The Labute approximate surface area is 157 Å².